The summed E-state index contributed by atoms with van der Waals surface area (Å²) < 4.78 is 3.99. The Labute approximate surface area is 94.5 Å². The fourth-order valence-electron chi connectivity index (χ4n) is 1.38. The van der Waals surface area contributed by atoms with Gasteiger partial charge in [0.2, 0.25) is 0 Å². The fourth-order valence-corrected chi connectivity index (χ4v) is 3.94. The van der Waals surface area contributed by atoms with Crippen molar-refractivity contribution in [2.75, 3.05) is 6.26 Å². The van der Waals surface area contributed by atoms with Crippen molar-refractivity contribution in [2.24, 2.45) is 0 Å². The summed E-state index contributed by atoms with van der Waals surface area (Å²) in [6.07, 6.45) is 2.13. The maximum absolute atomic E-state index is 3.57. The molecule has 0 N–H and O–H groups in total. The van der Waals surface area contributed by atoms with Crippen LogP contribution in [0, 0.1) is 6.92 Å². The van der Waals surface area contributed by atoms with Gasteiger partial charge in [-0.25, -0.2) is 0 Å². The smallest absolute Gasteiger partial charge is 0.0638 e. The van der Waals surface area contributed by atoms with Gasteiger partial charge in [0, 0.05) is 9.17 Å². The van der Waals surface area contributed by atoms with Crippen LogP contribution in [0.15, 0.2) is 26.9 Å². The molecule has 0 saturated heterocycles. The third-order valence-corrected chi connectivity index (χ3v) is 5.54. The minimum atomic E-state index is 1.21. The van der Waals surface area contributed by atoms with Gasteiger partial charge < -0.3 is 0 Å². The van der Waals surface area contributed by atoms with E-state index in [1.165, 1.54) is 24.3 Å². The van der Waals surface area contributed by atoms with Crippen LogP contribution in [-0.2, 0) is 0 Å². The number of thiophene rings is 1. The van der Waals surface area contributed by atoms with Crippen LogP contribution in [0.1, 0.15) is 5.56 Å². The van der Waals surface area contributed by atoms with E-state index in [2.05, 4.69) is 47.3 Å². The highest BCUT2D eigenvalue weighted by Crippen LogP contribution is 2.39. The SMILES string of the molecule is CSc1sc2c(Br)cccc2c1C. The first-order valence-electron chi connectivity index (χ1n) is 3.95. The quantitative estimate of drug-likeness (QED) is 0.679. The van der Waals surface area contributed by atoms with Crippen LogP contribution in [0.3, 0.4) is 0 Å². The van der Waals surface area contributed by atoms with Crippen LogP contribution in [0.2, 0.25) is 0 Å². The number of thioether (sulfide) groups is 1. The average molecular weight is 273 g/mol. The van der Waals surface area contributed by atoms with Gasteiger partial charge in [-0.3, -0.25) is 0 Å². The molecule has 0 unspecified atom stereocenters. The van der Waals surface area contributed by atoms with Crippen molar-refractivity contribution in [3.05, 3.63) is 28.2 Å². The Bertz CT molecular complexity index is 445. The van der Waals surface area contributed by atoms with Crippen LogP contribution in [0.5, 0.6) is 0 Å². The highest BCUT2D eigenvalue weighted by atomic mass is 79.9. The molecule has 0 saturated carbocycles. The van der Waals surface area contributed by atoms with Gasteiger partial charge in [0.1, 0.15) is 0 Å². The zero-order valence-electron chi connectivity index (χ0n) is 7.43. The Morgan fingerprint density at radius 3 is 2.77 bits per heavy atom. The standard InChI is InChI=1S/C10H9BrS2/c1-6-7-4-3-5-8(11)9(7)13-10(6)12-2/h3-5H,1-2H3. The summed E-state index contributed by atoms with van der Waals surface area (Å²) in [5.41, 5.74) is 1.41. The lowest BCUT2D eigenvalue weighted by Gasteiger charge is -1.93. The fraction of sp³-hybridized carbons (Fsp3) is 0.200. The molecule has 2 rings (SSSR count). The van der Waals surface area contributed by atoms with Gasteiger partial charge >= 0.3 is 0 Å². The zero-order valence-corrected chi connectivity index (χ0v) is 10.6. The second kappa shape index (κ2) is 3.64. The Kier molecular flexibility index (Phi) is 2.67. The highest BCUT2D eigenvalue weighted by molar-refractivity contribution is 9.10. The van der Waals surface area contributed by atoms with E-state index in [0.717, 1.165) is 0 Å². The van der Waals surface area contributed by atoms with E-state index in [4.69, 9.17) is 0 Å². The van der Waals surface area contributed by atoms with E-state index in [1.807, 2.05) is 23.1 Å². The second-order valence-corrected chi connectivity index (χ2v) is 5.79. The summed E-state index contributed by atoms with van der Waals surface area (Å²) in [5.74, 6) is 0. The van der Waals surface area contributed by atoms with Gasteiger partial charge in [-0.2, -0.15) is 0 Å². The lowest BCUT2D eigenvalue weighted by molar-refractivity contribution is 1.47. The van der Waals surface area contributed by atoms with E-state index >= 15 is 0 Å². The van der Waals surface area contributed by atoms with Crippen molar-refractivity contribution in [1.82, 2.24) is 0 Å². The Hall–Kier alpha value is 0.01000. The number of aryl methyl sites for hydroxylation is 1. The molecular formula is C10H9BrS2. The van der Waals surface area contributed by atoms with Crippen molar-refractivity contribution in [1.29, 1.82) is 0 Å². The van der Waals surface area contributed by atoms with E-state index in [-0.39, 0.29) is 0 Å². The normalized spacial score (nSPS) is 11.0. The maximum atomic E-state index is 3.57. The van der Waals surface area contributed by atoms with Crippen LogP contribution in [0.4, 0.5) is 0 Å². The predicted octanol–water partition coefficient (Wildman–Crippen LogP) is 4.69. The van der Waals surface area contributed by atoms with Crippen LogP contribution in [-0.4, -0.2) is 6.26 Å². The summed E-state index contributed by atoms with van der Waals surface area (Å²) in [4.78, 5) is 0. The van der Waals surface area contributed by atoms with E-state index in [9.17, 15) is 0 Å². The molecular weight excluding hydrogens is 264 g/mol. The van der Waals surface area contributed by atoms with Crippen LogP contribution < -0.4 is 0 Å². The number of fused-ring (bicyclic) bond motifs is 1. The first kappa shape index (κ1) is 9.56. The van der Waals surface area contributed by atoms with E-state index in [0.29, 0.717) is 0 Å². The average Bonchev–Trinajstić information content (AvgIpc) is 2.45. The van der Waals surface area contributed by atoms with Crippen LogP contribution >= 0.6 is 39.0 Å². The molecule has 0 atom stereocenters. The monoisotopic (exact) mass is 272 g/mol. The molecule has 0 bridgehead atoms. The highest BCUT2D eigenvalue weighted by Gasteiger charge is 2.08. The molecule has 1 heterocycles. The van der Waals surface area contributed by atoms with Gasteiger partial charge in [-0.05, 0) is 46.1 Å². The molecule has 68 valence electrons. The van der Waals surface area contributed by atoms with Crippen LogP contribution in [0.25, 0.3) is 10.1 Å². The molecule has 0 nitrogen and oxygen atoms in total. The molecule has 3 heteroatoms. The third kappa shape index (κ3) is 1.53. The minimum absolute atomic E-state index is 1.21. The van der Waals surface area contributed by atoms with Crippen molar-refractivity contribution in [2.45, 2.75) is 11.1 Å². The molecule has 0 aliphatic rings. The number of halogens is 1. The summed E-state index contributed by atoms with van der Waals surface area (Å²) >= 11 is 7.27. The summed E-state index contributed by atoms with van der Waals surface area (Å²) in [6, 6.07) is 6.38. The lowest BCUT2D eigenvalue weighted by Crippen LogP contribution is -1.69. The van der Waals surface area contributed by atoms with Gasteiger partial charge in [0.25, 0.3) is 0 Å². The van der Waals surface area contributed by atoms with E-state index < -0.39 is 0 Å². The topological polar surface area (TPSA) is 0 Å². The molecule has 0 radical (unpaired) electrons. The van der Waals surface area contributed by atoms with Crippen molar-refractivity contribution in [3.8, 4) is 0 Å². The van der Waals surface area contributed by atoms with Gasteiger partial charge in [-0.15, -0.1) is 23.1 Å². The first-order chi connectivity index (χ1) is 6.24. The second-order valence-electron chi connectivity index (χ2n) is 2.84. The molecule has 2 aromatic rings. The number of hydrogen-bond donors (Lipinski definition) is 0. The summed E-state index contributed by atoms with van der Waals surface area (Å²) in [6.45, 7) is 2.19. The number of hydrogen-bond acceptors (Lipinski definition) is 2. The number of benzene rings is 1. The molecule has 0 amide bonds. The predicted molar refractivity (Wildman–Crippen MR) is 66.0 cm³/mol. The Balaban J connectivity index is 2.83. The largest absolute Gasteiger partial charge is 0.127 e. The zero-order chi connectivity index (χ0) is 9.42. The molecule has 13 heavy (non-hydrogen) atoms. The third-order valence-electron chi connectivity index (χ3n) is 2.06. The van der Waals surface area contributed by atoms with Gasteiger partial charge in [-0.1, -0.05) is 12.1 Å². The van der Waals surface area contributed by atoms with Crippen molar-refractivity contribution < 1.29 is 0 Å². The minimum Gasteiger partial charge on any atom is -0.127 e. The first-order valence-corrected chi connectivity index (χ1v) is 6.79. The van der Waals surface area contributed by atoms with E-state index in [1.54, 1.807) is 0 Å². The molecule has 1 aromatic carbocycles. The lowest BCUT2D eigenvalue weighted by atomic mass is 10.2. The van der Waals surface area contributed by atoms with Crippen molar-refractivity contribution >= 4 is 49.1 Å². The Morgan fingerprint density at radius 2 is 2.15 bits per heavy atom. The maximum Gasteiger partial charge on any atom is 0.0638 e. The summed E-state index contributed by atoms with van der Waals surface area (Å²) in [5, 5.41) is 1.38. The summed E-state index contributed by atoms with van der Waals surface area (Å²) in [7, 11) is 0. The Morgan fingerprint density at radius 1 is 1.38 bits per heavy atom. The molecule has 0 aliphatic heterocycles. The number of rotatable bonds is 1. The molecule has 0 spiro atoms. The molecule has 0 aliphatic carbocycles. The van der Waals surface area contributed by atoms with Crippen molar-refractivity contribution in [3.63, 3.8) is 0 Å². The molecule has 0 fully saturated rings. The van der Waals surface area contributed by atoms with Gasteiger partial charge in [0.05, 0.1) is 4.21 Å². The van der Waals surface area contributed by atoms with Gasteiger partial charge in [0.15, 0.2) is 0 Å². The molecule has 1 aromatic heterocycles.